The highest BCUT2D eigenvalue weighted by atomic mass is 32.1. The minimum absolute atomic E-state index is 0.706. The SMILES string of the molecule is Cc1cc(C)c(N)c(-n2nc3ccc(S)cc3n2)c1. The first-order chi connectivity index (χ1) is 9.04. The Labute approximate surface area is 116 Å². The lowest BCUT2D eigenvalue weighted by Crippen LogP contribution is -2.05. The Balaban J connectivity index is 2.24. The molecule has 0 saturated heterocycles. The summed E-state index contributed by atoms with van der Waals surface area (Å²) >= 11 is 4.31. The molecule has 0 amide bonds. The Morgan fingerprint density at radius 1 is 1.05 bits per heavy atom. The molecule has 2 N–H and O–H groups in total. The molecule has 0 radical (unpaired) electrons. The summed E-state index contributed by atoms with van der Waals surface area (Å²) in [6.45, 7) is 4.02. The Morgan fingerprint density at radius 3 is 2.58 bits per heavy atom. The maximum Gasteiger partial charge on any atom is 0.114 e. The summed E-state index contributed by atoms with van der Waals surface area (Å²) in [5.74, 6) is 0. The van der Waals surface area contributed by atoms with E-state index in [9.17, 15) is 0 Å². The lowest BCUT2D eigenvalue weighted by molar-refractivity contribution is 0.766. The highest BCUT2D eigenvalue weighted by Crippen LogP contribution is 2.23. The van der Waals surface area contributed by atoms with Crippen molar-refractivity contribution in [1.82, 2.24) is 15.0 Å². The molecule has 1 aromatic heterocycles. The number of hydrogen-bond acceptors (Lipinski definition) is 4. The largest absolute Gasteiger partial charge is 0.397 e. The number of nitrogen functional groups attached to an aromatic ring is 1. The van der Waals surface area contributed by atoms with Gasteiger partial charge in [-0.05, 0) is 49.2 Å². The molecule has 0 saturated carbocycles. The fourth-order valence-electron chi connectivity index (χ4n) is 2.13. The second kappa shape index (κ2) is 4.28. The summed E-state index contributed by atoms with van der Waals surface area (Å²) in [4.78, 5) is 2.46. The van der Waals surface area contributed by atoms with Crippen LogP contribution in [0, 0.1) is 13.8 Å². The van der Waals surface area contributed by atoms with Crippen molar-refractivity contribution in [2.24, 2.45) is 0 Å². The van der Waals surface area contributed by atoms with E-state index in [-0.39, 0.29) is 0 Å². The van der Waals surface area contributed by atoms with Crippen LogP contribution in [0.3, 0.4) is 0 Å². The van der Waals surface area contributed by atoms with E-state index in [4.69, 9.17) is 5.73 Å². The number of rotatable bonds is 1. The van der Waals surface area contributed by atoms with E-state index in [0.29, 0.717) is 5.69 Å². The molecule has 96 valence electrons. The maximum absolute atomic E-state index is 6.12. The van der Waals surface area contributed by atoms with Gasteiger partial charge in [0.25, 0.3) is 0 Å². The molecule has 5 heteroatoms. The second-order valence-electron chi connectivity index (χ2n) is 4.68. The number of aromatic nitrogens is 3. The van der Waals surface area contributed by atoms with Crippen molar-refractivity contribution in [1.29, 1.82) is 0 Å². The third-order valence-electron chi connectivity index (χ3n) is 3.09. The molecule has 0 aliphatic carbocycles. The Bertz CT molecular complexity index is 776. The molecular weight excluding hydrogens is 256 g/mol. The first-order valence-corrected chi connectivity index (χ1v) is 6.42. The summed E-state index contributed by atoms with van der Waals surface area (Å²) in [6, 6.07) is 9.73. The van der Waals surface area contributed by atoms with Crippen molar-refractivity contribution in [2.45, 2.75) is 18.7 Å². The van der Waals surface area contributed by atoms with Crippen LogP contribution in [0.2, 0.25) is 0 Å². The van der Waals surface area contributed by atoms with Gasteiger partial charge in [0.15, 0.2) is 0 Å². The molecule has 0 atom stereocenters. The highest BCUT2D eigenvalue weighted by molar-refractivity contribution is 7.80. The van der Waals surface area contributed by atoms with Crippen LogP contribution < -0.4 is 5.73 Å². The molecule has 0 spiro atoms. The number of benzene rings is 2. The molecule has 19 heavy (non-hydrogen) atoms. The third kappa shape index (κ3) is 2.06. The minimum Gasteiger partial charge on any atom is -0.397 e. The number of hydrogen-bond donors (Lipinski definition) is 2. The minimum atomic E-state index is 0.706. The van der Waals surface area contributed by atoms with Crippen molar-refractivity contribution in [2.75, 3.05) is 5.73 Å². The van der Waals surface area contributed by atoms with Crippen LogP contribution in [0.5, 0.6) is 0 Å². The average molecular weight is 270 g/mol. The van der Waals surface area contributed by atoms with Gasteiger partial charge in [-0.1, -0.05) is 6.07 Å². The molecule has 4 nitrogen and oxygen atoms in total. The standard InChI is InChI=1S/C14H14N4S/c1-8-5-9(2)14(15)13(6-8)18-16-11-4-3-10(19)7-12(11)17-18/h3-7,19H,15H2,1-2H3. The summed E-state index contributed by atoms with van der Waals surface area (Å²) in [5, 5.41) is 8.92. The van der Waals surface area contributed by atoms with Crippen molar-refractivity contribution in [3.63, 3.8) is 0 Å². The zero-order valence-electron chi connectivity index (χ0n) is 10.8. The normalized spacial score (nSPS) is 11.1. The topological polar surface area (TPSA) is 56.7 Å². The van der Waals surface area contributed by atoms with E-state index in [1.807, 2.05) is 44.2 Å². The van der Waals surface area contributed by atoms with Gasteiger partial charge in [0.05, 0.1) is 5.69 Å². The van der Waals surface area contributed by atoms with Gasteiger partial charge in [-0.3, -0.25) is 0 Å². The van der Waals surface area contributed by atoms with Gasteiger partial charge < -0.3 is 5.73 Å². The zero-order valence-corrected chi connectivity index (χ0v) is 11.6. The van der Waals surface area contributed by atoms with Crippen LogP contribution in [0.15, 0.2) is 35.2 Å². The van der Waals surface area contributed by atoms with E-state index >= 15 is 0 Å². The van der Waals surface area contributed by atoms with Gasteiger partial charge in [0.1, 0.15) is 16.7 Å². The predicted molar refractivity (Wildman–Crippen MR) is 80.0 cm³/mol. The molecule has 3 rings (SSSR count). The fourth-order valence-corrected chi connectivity index (χ4v) is 2.33. The molecule has 0 fully saturated rings. The summed E-state index contributed by atoms with van der Waals surface area (Å²) in [6.07, 6.45) is 0. The molecule has 3 aromatic rings. The van der Waals surface area contributed by atoms with E-state index in [2.05, 4.69) is 22.8 Å². The Kier molecular flexibility index (Phi) is 2.71. The van der Waals surface area contributed by atoms with Crippen LogP contribution in [0.4, 0.5) is 5.69 Å². The maximum atomic E-state index is 6.12. The fraction of sp³-hybridized carbons (Fsp3) is 0.143. The average Bonchev–Trinajstić information content (AvgIpc) is 2.76. The molecular formula is C14H14N4S. The van der Waals surface area contributed by atoms with Crippen molar-refractivity contribution < 1.29 is 0 Å². The monoisotopic (exact) mass is 270 g/mol. The number of fused-ring (bicyclic) bond motifs is 1. The van der Waals surface area contributed by atoms with Crippen molar-refractivity contribution in [3.05, 3.63) is 41.5 Å². The van der Waals surface area contributed by atoms with Gasteiger partial charge in [0.2, 0.25) is 0 Å². The summed E-state index contributed by atoms with van der Waals surface area (Å²) in [7, 11) is 0. The van der Waals surface area contributed by atoms with E-state index < -0.39 is 0 Å². The van der Waals surface area contributed by atoms with E-state index in [1.54, 1.807) is 4.80 Å². The Morgan fingerprint density at radius 2 is 1.79 bits per heavy atom. The summed E-state index contributed by atoms with van der Waals surface area (Å²) < 4.78 is 0. The molecule has 0 aliphatic heterocycles. The number of aryl methyl sites for hydroxylation is 2. The molecule has 1 heterocycles. The van der Waals surface area contributed by atoms with Crippen molar-refractivity contribution >= 4 is 29.3 Å². The van der Waals surface area contributed by atoms with Crippen LogP contribution >= 0.6 is 12.6 Å². The van der Waals surface area contributed by atoms with Gasteiger partial charge in [-0.25, -0.2) is 0 Å². The van der Waals surface area contributed by atoms with Crippen LogP contribution in [-0.4, -0.2) is 15.0 Å². The number of nitrogens with zero attached hydrogens (tertiary/aromatic N) is 3. The molecule has 0 aliphatic rings. The number of nitrogens with two attached hydrogens (primary N) is 1. The third-order valence-corrected chi connectivity index (χ3v) is 3.37. The van der Waals surface area contributed by atoms with Gasteiger partial charge >= 0.3 is 0 Å². The lowest BCUT2D eigenvalue weighted by atomic mass is 10.1. The summed E-state index contributed by atoms with van der Waals surface area (Å²) in [5.41, 5.74) is 11.5. The van der Waals surface area contributed by atoms with Crippen molar-refractivity contribution in [3.8, 4) is 5.69 Å². The second-order valence-corrected chi connectivity index (χ2v) is 5.19. The number of anilines is 1. The van der Waals surface area contributed by atoms with Gasteiger partial charge in [-0.15, -0.1) is 27.6 Å². The predicted octanol–water partition coefficient (Wildman–Crippen LogP) is 2.91. The molecule has 0 bridgehead atoms. The zero-order chi connectivity index (χ0) is 13.6. The quantitative estimate of drug-likeness (QED) is 0.528. The lowest BCUT2D eigenvalue weighted by Gasteiger charge is -2.08. The smallest absolute Gasteiger partial charge is 0.114 e. The number of thiol groups is 1. The first-order valence-electron chi connectivity index (χ1n) is 5.98. The van der Waals surface area contributed by atoms with E-state index in [0.717, 1.165) is 32.7 Å². The Hall–Kier alpha value is -2.01. The van der Waals surface area contributed by atoms with Gasteiger partial charge in [-0.2, -0.15) is 0 Å². The highest BCUT2D eigenvalue weighted by Gasteiger charge is 2.10. The molecule has 2 aromatic carbocycles. The van der Waals surface area contributed by atoms with Gasteiger partial charge in [0, 0.05) is 4.90 Å². The van der Waals surface area contributed by atoms with Crippen LogP contribution in [0.1, 0.15) is 11.1 Å². The van der Waals surface area contributed by atoms with Crippen LogP contribution in [-0.2, 0) is 0 Å². The van der Waals surface area contributed by atoms with Crippen LogP contribution in [0.25, 0.3) is 16.7 Å². The first kappa shape index (κ1) is 12.0. The van der Waals surface area contributed by atoms with E-state index in [1.165, 1.54) is 0 Å². The molecule has 0 unspecified atom stereocenters.